The molecule has 1 aliphatic heterocycles. The van der Waals surface area contributed by atoms with Gasteiger partial charge in [0.1, 0.15) is 37.1 Å². The molecule has 7 rings (SSSR count). The van der Waals surface area contributed by atoms with Crippen LogP contribution in [0.4, 0.5) is 0 Å². The number of rotatable bonds is 11. The molecule has 2 aromatic carbocycles. The summed E-state index contributed by atoms with van der Waals surface area (Å²) in [7, 11) is 0. The maximum atomic E-state index is 15.4. The van der Waals surface area contributed by atoms with Crippen LogP contribution in [0.25, 0.3) is 0 Å². The number of fused-ring (bicyclic) bond motifs is 5. The molecule has 17 nitrogen and oxygen atoms in total. The molecule has 1 radical (unpaired) electrons. The van der Waals surface area contributed by atoms with Gasteiger partial charge in [-0.2, -0.15) is 0 Å². The molecular weight excluding hydrogens is 1050 g/mol. The number of carbonyl (C=O) groups is 4. The molecule has 64 heavy (non-hydrogen) atoms. The summed E-state index contributed by atoms with van der Waals surface area (Å²) in [4.78, 5) is 56.8. The predicted molar refractivity (Wildman–Crippen MR) is 219 cm³/mol. The van der Waals surface area contributed by atoms with E-state index >= 15 is 4.79 Å². The van der Waals surface area contributed by atoms with Gasteiger partial charge in [0.15, 0.2) is 24.3 Å². The number of ketones is 1. The van der Waals surface area contributed by atoms with Gasteiger partial charge in [-0.15, -0.1) is 0 Å². The number of benzene rings is 2. The molecule has 347 valence electrons. The van der Waals surface area contributed by atoms with Crippen molar-refractivity contribution in [3.63, 3.8) is 0 Å². The molecule has 0 spiro atoms. The first kappa shape index (κ1) is 50.7. The fraction of sp³-hybridized carbons (Fsp3) is 0.609. The zero-order chi connectivity index (χ0) is 46.0. The molecule has 2 aromatic rings. The van der Waals surface area contributed by atoms with Crippen LogP contribution < -0.4 is 5.32 Å². The van der Waals surface area contributed by atoms with Crippen molar-refractivity contribution in [1.29, 1.82) is 0 Å². The Morgan fingerprint density at radius 1 is 0.922 bits per heavy atom. The summed E-state index contributed by atoms with van der Waals surface area (Å²) in [5.74, 6) is -6.24. The molecule has 3 saturated carbocycles. The Balaban J connectivity index is 0.00000680. The molecule has 18 heteroatoms. The van der Waals surface area contributed by atoms with Gasteiger partial charge in [0.05, 0.1) is 35.4 Å². The number of ether oxygens (including phenoxy) is 4. The Hall–Kier alpha value is -2.70. The molecule has 1 heterocycles. The van der Waals surface area contributed by atoms with Gasteiger partial charge < -0.3 is 65.1 Å². The monoisotopic (exact) mass is 1110 g/mol. The molecule has 4 fully saturated rings. The van der Waals surface area contributed by atoms with Crippen LogP contribution in [0.1, 0.15) is 82.3 Å². The minimum atomic E-state index is -1.99. The standard InChI is InChI=1S/C46H59NO16.Ac/c1-22-27(61-41(57)34(52)32(24-12-8-6-9-13-24)47-40(56)25-14-10-7-11-15-25)19-46(59)23(2)38-44(5,29(49)18-26-16-17-45(26,38)58)39(55)37(31(22)43(46,3)4)63-30(50)21-60-42-36(54)35(53)33(51)28(20-48)62-42;/h6-15,23,26-29,32-38,42,48-49,51-54,58-59H,16-21H2,1-5H3,(H,47,56);/t23-,26+,27?,28?,29?,32?,33?,34?,35?,36?,37?,38?,42?,44+,45?,46?;/m0./s1. The maximum Gasteiger partial charge on any atom is 0.338 e. The fourth-order valence-electron chi connectivity index (χ4n) is 11.4. The molecule has 9 N–H and O–H groups in total. The summed E-state index contributed by atoms with van der Waals surface area (Å²) in [6, 6.07) is 15.2. The van der Waals surface area contributed by atoms with Crippen molar-refractivity contribution in [1.82, 2.24) is 5.32 Å². The third-order valence-electron chi connectivity index (χ3n) is 15.2. The summed E-state index contributed by atoms with van der Waals surface area (Å²) in [6.45, 7) is 6.24. The van der Waals surface area contributed by atoms with E-state index in [0.717, 1.165) is 0 Å². The Labute approximate surface area is 406 Å². The summed E-state index contributed by atoms with van der Waals surface area (Å²) in [6.07, 6.45) is -14.5. The second-order valence-electron chi connectivity index (χ2n) is 18.7. The zero-order valence-corrected chi connectivity index (χ0v) is 41.2. The van der Waals surface area contributed by atoms with Crippen LogP contribution in [0, 0.1) is 72.6 Å². The van der Waals surface area contributed by atoms with Crippen molar-refractivity contribution in [2.75, 3.05) is 13.2 Å². The van der Waals surface area contributed by atoms with E-state index in [0.29, 0.717) is 12.0 Å². The molecule has 1 saturated heterocycles. The fourth-order valence-corrected chi connectivity index (χ4v) is 11.4. The van der Waals surface area contributed by atoms with E-state index in [1.54, 1.807) is 81.4 Å². The largest absolute Gasteiger partial charge is 0.456 e. The third-order valence-corrected chi connectivity index (χ3v) is 15.2. The first-order valence-electron chi connectivity index (χ1n) is 21.4. The van der Waals surface area contributed by atoms with Gasteiger partial charge in [-0.1, -0.05) is 69.3 Å². The number of nitrogens with one attached hydrogen (secondary N) is 1. The first-order chi connectivity index (χ1) is 29.6. The number of hydrogen-bond donors (Lipinski definition) is 9. The van der Waals surface area contributed by atoms with Crippen molar-refractivity contribution < 1.29 is 123 Å². The topological polar surface area (TPSA) is 279 Å². The van der Waals surface area contributed by atoms with Crippen molar-refractivity contribution in [2.45, 2.75) is 133 Å². The van der Waals surface area contributed by atoms with E-state index in [-0.39, 0.29) is 80.0 Å². The normalized spacial score (nSPS) is 38.6. The minimum Gasteiger partial charge on any atom is -0.456 e. The molecule has 13 unspecified atom stereocenters. The van der Waals surface area contributed by atoms with Crippen LogP contribution in [0.2, 0.25) is 0 Å². The van der Waals surface area contributed by atoms with Crippen LogP contribution in [0.3, 0.4) is 0 Å². The van der Waals surface area contributed by atoms with E-state index < -0.39 is 138 Å². The van der Waals surface area contributed by atoms with Gasteiger partial charge in [0, 0.05) is 67.4 Å². The van der Waals surface area contributed by atoms with Gasteiger partial charge in [-0.05, 0) is 73.8 Å². The van der Waals surface area contributed by atoms with Crippen LogP contribution in [0.15, 0.2) is 71.8 Å². The number of hydrogen-bond acceptors (Lipinski definition) is 16. The van der Waals surface area contributed by atoms with Crippen LogP contribution in [-0.2, 0) is 33.3 Å². The van der Waals surface area contributed by atoms with Gasteiger partial charge in [-0.3, -0.25) is 9.59 Å². The van der Waals surface area contributed by atoms with E-state index in [4.69, 9.17) is 18.9 Å². The van der Waals surface area contributed by atoms with Crippen molar-refractivity contribution in [3.8, 4) is 0 Å². The molecule has 16 atom stereocenters. The average Bonchev–Trinajstić information content (AvgIpc) is 3.26. The Morgan fingerprint density at radius 2 is 1.55 bits per heavy atom. The average molecular weight is 1110 g/mol. The van der Waals surface area contributed by atoms with Gasteiger partial charge in [0.2, 0.25) is 0 Å². The maximum absolute atomic E-state index is 15.4. The summed E-state index contributed by atoms with van der Waals surface area (Å²) in [5.41, 5.74) is -5.87. The van der Waals surface area contributed by atoms with Crippen LogP contribution in [0.5, 0.6) is 0 Å². The quantitative estimate of drug-likeness (QED) is 0.109. The first-order valence-corrected chi connectivity index (χ1v) is 21.4. The Morgan fingerprint density at radius 3 is 2.14 bits per heavy atom. The van der Waals surface area contributed by atoms with Crippen molar-refractivity contribution in [3.05, 3.63) is 82.9 Å². The Kier molecular flexibility index (Phi) is 15.2. The van der Waals surface area contributed by atoms with E-state index in [9.17, 15) is 55.2 Å². The predicted octanol–water partition coefficient (Wildman–Crippen LogP) is 0.383. The number of aliphatic hydroxyl groups excluding tert-OH is 6. The number of carbonyl (C=O) groups excluding carboxylic acids is 4. The van der Waals surface area contributed by atoms with Crippen molar-refractivity contribution in [2.24, 2.45) is 28.6 Å². The Bertz CT molecular complexity index is 2090. The van der Waals surface area contributed by atoms with E-state index in [1.165, 1.54) is 13.8 Å². The molecule has 0 aromatic heterocycles. The molecule has 1 amide bonds. The number of aliphatic hydroxyl groups is 8. The molecule has 2 bridgehead atoms. The van der Waals surface area contributed by atoms with E-state index in [2.05, 4.69) is 5.32 Å². The van der Waals surface area contributed by atoms with Crippen LogP contribution in [-0.4, -0.2) is 144 Å². The minimum absolute atomic E-state index is 0. The smallest absolute Gasteiger partial charge is 0.338 e. The second-order valence-corrected chi connectivity index (χ2v) is 18.7. The number of Topliss-reactive ketones (excluding diaryl/α,β-unsaturated/α-hetero) is 1. The van der Waals surface area contributed by atoms with Gasteiger partial charge in [-0.25, -0.2) is 9.59 Å². The third kappa shape index (κ3) is 8.47. The van der Waals surface area contributed by atoms with Gasteiger partial charge >= 0.3 is 11.9 Å². The summed E-state index contributed by atoms with van der Waals surface area (Å²) in [5, 5.41) is 92.6. The number of amides is 1. The van der Waals surface area contributed by atoms with Gasteiger partial charge in [0.25, 0.3) is 5.91 Å². The molecular formula is C46H59AcNO16. The molecule has 4 aliphatic carbocycles. The number of esters is 2. The van der Waals surface area contributed by atoms with Crippen molar-refractivity contribution >= 4 is 23.6 Å². The summed E-state index contributed by atoms with van der Waals surface area (Å²) >= 11 is 0. The van der Waals surface area contributed by atoms with E-state index in [1.807, 2.05) is 0 Å². The van der Waals surface area contributed by atoms with Crippen LogP contribution >= 0.6 is 0 Å². The summed E-state index contributed by atoms with van der Waals surface area (Å²) < 4.78 is 22.9. The zero-order valence-electron chi connectivity index (χ0n) is 36.4. The molecule has 5 aliphatic rings. The second kappa shape index (κ2) is 19.1. The SMILES string of the molecule is CC1=C2C(OC(=O)COC3OC(CO)C(O)C(O)C3O)C(=O)[C@]3(C)C(O)C[C@H]4CCC4(O)C3[C@H](C)C(O)(CC1OC(=O)C(O)C(NC(=O)c1ccccc1)c1ccccc1)C2(C)C.[Ac].